The lowest BCUT2D eigenvalue weighted by molar-refractivity contribution is -0.121. The lowest BCUT2D eigenvalue weighted by Crippen LogP contribution is -2.16. The molecule has 4 heteroatoms. The standard InChI is InChI=1S/C19H23N3O/c1-3-4-10-19(23)21-20-15-16-11-13-18(14-12-16)22(2)17-8-6-5-7-9-17/h5-9,11-15H,3-4,10H2,1-2H3,(H,21,23)/b20-15+. The zero-order chi connectivity index (χ0) is 16.5. The fourth-order valence-electron chi connectivity index (χ4n) is 2.16. The SMILES string of the molecule is CCCCC(=O)N/N=C/c1ccc(N(C)c2ccccc2)cc1. The predicted octanol–water partition coefficient (Wildman–Crippen LogP) is 4.09. The van der Waals surface area contributed by atoms with E-state index in [0.717, 1.165) is 29.8 Å². The molecular formula is C19H23N3O. The van der Waals surface area contributed by atoms with Gasteiger partial charge in [0, 0.05) is 24.8 Å². The first-order valence-corrected chi connectivity index (χ1v) is 7.91. The second-order valence-corrected chi connectivity index (χ2v) is 5.38. The summed E-state index contributed by atoms with van der Waals surface area (Å²) in [5.74, 6) is -0.0384. The van der Waals surface area contributed by atoms with E-state index in [4.69, 9.17) is 0 Å². The molecule has 4 nitrogen and oxygen atoms in total. The quantitative estimate of drug-likeness (QED) is 0.618. The van der Waals surface area contributed by atoms with Crippen LogP contribution in [0.25, 0.3) is 0 Å². The van der Waals surface area contributed by atoms with Crippen LogP contribution >= 0.6 is 0 Å². The summed E-state index contributed by atoms with van der Waals surface area (Å²) >= 11 is 0. The molecule has 0 unspecified atom stereocenters. The molecule has 1 N–H and O–H groups in total. The Balaban J connectivity index is 1.93. The molecule has 0 aliphatic carbocycles. The molecule has 0 saturated heterocycles. The molecule has 0 saturated carbocycles. The lowest BCUT2D eigenvalue weighted by Gasteiger charge is -2.19. The van der Waals surface area contributed by atoms with Gasteiger partial charge in [-0.15, -0.1) is 0 Å². The van der Waals surface area contributed by atoms with Gasteiger partial charge < -0.3 is 4.90 Å². The van der Waals surface area contributed by atoms with Crippen LogP contribution in [0.2, 0.25) is 0 Å². The van der Waals surface area contributed by atoms with Gasteiger partial charge in [-0.25, -0.2) is 5.43 Å². The number of benzene rings is 2. The van der Waals surface area contributed by atoms with Crippen LogP contribution in [0.3, 0.4) is 0 Å². The number of anilines is 2. The number of carbonyl (C=O) groups is 1. The summed E-state index contributed by atoms with van der Waals surface area (Å²) in [7, 11) is 2.03. The number of hydrazone groups is 1. The van der Waals surface area contributed by atoms with Gasteiger partial charge in [-0.05, 0) is 36.2 Å². The van der Waals surface area contributed by atoms with Gasteiger partial charge in [-0.1, -0.05) is 43.7 Å². The number of rotatable bonds is 7. The number of nitrogens with zero attached hydrogens (tertiary/aromatic N) is 2. The third kappa shape index (κ3) is 5.25. The predicted molar refractivity (Wildman–Crippen MR) is 96.2 cm³/mol. The maximum atomic E-state index is 11.5. The van der Waals surface area contributed by atoms with E-state index in [1.54, 1.807) is 6.21 Å². The third-order valence-corrected chi connectivity index (χ3v) is 3.58. The van der Waals surface area contributed by atoms with Crippen LogP contribution in [-0.2, 0) is 4.79 Å². The molecule has 0 fully saturated rings. The first-order valence-electron chi connectivity index (χ1n) is 7.91. The fraction of sp³-hybridized carbons (Fsp3) is 0.263. The van der Waals surface area contributed by atoms with Crippen molar-refractivity contribution in [3.8, 4) is 0 Å². The van der Waals surface area contributed by atoms with Gasteiger partial charge in [0.15, 0.2) is 0 Å². The van der Waals surface area contributed by atoms with Gasteiger partial charge in [-0.2, -0.15) is 5.10 Å². The minimum absolute atomic E-state index is 0.0384. The Labute approximate surface area is 137 Å². The Hall–Kier alpha value is -2.62. The number of carbonyl (C=O) groups excluding carboxylic acids is 1. The highest BCUT2D eigenvalue weighted by Gasteiger charge is 2.02. The molecule has 0 bridgehead atoms. The van der Waals surface area contributed by atoms with Gasteiger partial charge in [0.1, 0.15) is 0 Å². The number of hydrogen-bond donors (Lipinski definition) is 1. The van der Waals surface area contributed by atoms with Crippen molar-refractivity contribution in [3.63, 3.8) is 0 Å². The van der Waals surface area contributed by atoms with E-state index in [-0.39, 0.29) is 5.91 Å². The first kappa shape index (κ1) is 16.7. The van der Waals surface area contributed by atoms with Crippen molar-refractivity contribution < 1.29 is 4.79 Å². The maximum Gasteiger partial charge on any atom is 0.240 e. The molecule has 0 aliphatic rings. The molecule has 0 spiro atoms. The van der Waals surface area contributed by atoms with E-state index < -0.39 is 0 Å². The van der Waals surface area contributed by atoms with Crippen molar-refractivity contribution in [2.75, 3.05) is 11.9 Å². The highest BCUT2D eigenvalue weighted by Crippen LogP contribution is 2.22. The smallest absolute Gasteiger partial charge is 0.240 e. The minimum Gasteiger partial charge on any atom is -0.345 e. The van der Waals surface area contributed by atoms with Gasteiger partial charge in [0.05, 0.1) is 6.21 Å². The Morgan fingerprint density at radius 3 is 2.39 bits per heavy atom. The molecule has 0 heterocycles. The monoisotopic (exact) mass is 309 g/mol. The summed E-state index contributed by atoms with van der Waals surface area (Å²) in [5, 5.41) is 3.99. The van der Waals surface area contributed by atoms with Gasteiger partial charge in [0.2, 0.25) is 5.91 Å². The number of nitrogens with one attached hydrogen (secondary N) is 1. The molecule has 2 aromatic rings. The van der Waals surface area contributed by atoms with Gasteiger partial charge in [-0.3, -0.25) is 4.79 Å². The Bertz CT molecular complexity index is 635. The van der Waals surface area contributed by atoms with Crippen LogP contribution in [0.15, 0.2) is 59.7 Å². The van der Waals surface area contributed by atoms with Crippen molar-refractivity contribution in [3.05, 3.63) is 60.2 Å². The molecular weight excluding hydrogens is 286 g/mol. The molecule has 0 radical (unpaired) electrons. The van der Waals surface area contributed by atoms with E-state index in [2.05, 4.69) is 34.5 Å². The van der Waals surface area contributed by atoms with Gasteiger partial charge >= 0.3 is 0 Å². The zero-order valence-electron chi connectivity index (χ0n) is 13.7. The average Bonchev–Trinajstić information content (AvgIpc) is 2.60. The Kier molecular flexibility index (Phi) is 6.36. The summed E-state index contributed by atoms with van der Waals surface area (Å²) in [5.41, 5.74) is 5.73. The van der Waals surface area contributed by atoms with Crippen molar-refractivity contribution >= 4 is 23.5 Å². The second-order valence-electron chi connectivity index (χ2n) is 5.38. The molecule has 120 valence electrons. The topological polar surface area (TPSA) is 44.7 Å². The number of hydrogen-bond acceptors (Lipinski definition) is 3. The third-order valence-electron chi connectivity index (χ3n) is 3.58. The molecule has 1 amide bonds. The first-order chi connectivity index (χ1) is 11.2. The zero-order valence-corrected chi connectivity index (χ0v) is 13.7. The maximum absolute atomic E-state index is 11.5. The Morgan fingerprint density at radius 1 is 1.09 bits per heavy atom. The van der Waals surface area contributed by atoms with E-state index in [1.807, 2.05) is 49.5 Å². The van der Waals surface area contributed by atoms with Crippen molar-refractivity contribution in [2.24, 2.45) is 5.10 Å². The average molecular weight is 309 g/mol. The van der Waals surface area contributed by atoms with Crippen LogP contribution < -0.4 is 10.3 Å². The molecule has 0 aliphatic heterocycles. The highest BCUT2D eigenvalue weighted by atomic mass is 16.2. The fourth-order valence-corrected chi connectivity index (χ4v) is 2.16. The van der Waals surface area contributed by atoms with Crippen LogP contribution in [0.4, 0.5) is 11.4 Å². The van der Waals surface area contributed by atoms with E-state index in [1.165, 1.54) is 0 Å². The number of unbranched alkanes of at least 4 members (excludes halogenated alkanes) is 1. The summed E-state index contributed by atoms with van der Waals surface area (Å²) in [6, 6.07) is 18.2. The summed E-state index contributed by atoms with van der Waals surface area (Å²) in [4.78, 5) is 13.6. The van der Waals surface area contributed by atoms with Gasteiger partial charge in [0.25, 0.3) is 0 Å². The summed E-state index contributed by atoms with van der Waals surface area (Å²) in [6.07, 6.45) is 4.08. The minimum atomic E-state index is -0.0384. The molecule has 23 heavy (non-hydrogen) atoms. The van der Waals surface area contributed by atoms with Crippen molar-refractivity contribution in [2.45, 2.75) is 26.2 Å². The summed E-state index contributed by atoms with van der Waals surface area (Å²) < 4.78 is 0. The summed E-state index contributed by atoms with van der Waals surface area (Å²) in [6.45, 7) is 2.06. The van der Waals surface area contributed by atoms with Crippen molar-refractivity contribution in [1.29, 1.82) is 0 Å². The van der Waals surface area contributed by atoms with Crippen LogP contribution in [0.1, 0.15) is 31.7 Å². The molecule has 2 rings (SSSR count). The van der Waals surface area contributed by atoms with E-state index in [0.29, 0.717) is 6.42 Å². The number of amides is 1. The second kappa shape index (κ2) is 8.73. The highest BCUT2D eigenvalue weighted by molar-refractivity contribution is 5.83. The molecule has 0 atom stereocenters. The number of para-hydroxylation sites is 1. The van der Waals surface area contributed by atoms with E-state index in [9.17, 15) is 4.79 Å². The normalized spacial score (nSPS) is 10.7. The van der Waals surface area contributed by atoms with Crippen LogP contribution in [0.5, 0.6) is 0 Å². The van der Waals surface area contributed by atoms with Crippen LogP contribution in [-0.4, -0.2) is 19.2 Å². The Morgan fingerprint density at radius 2 is 1.74 bits per heavy atom. The molecule has 2 aromatic carbocycles. The lowest BCUT2D eigenvalue weighted by atomic mass is 10.2. The van der Waals surface area contributed by atoms with Crippen molar-refractivity contribution in [1.82, 2.24) is 5.43 Å². The van der Waals surface area contributed by atoms with Crippen LogP contribution in [0, 0.1) is 0 Å². The van der Waals surface area contributed by atoms with E-state index >= 15 is 0 Å². The molecule has 0 aromatic heterocycles. The largest absolute Gasteiger partial charge is 0.345 e.